The van der Waals surface area contributed by atoms with Crippen molar-refractivity contribution in [1.29, 1.82) is 0 Å². The maximum Gasteiger partial charge on any atom is 0.407 e. The van der Waals surface area contributed by atoms with Crippen LogP contribution in [0.25, 0.3) is 0 Å². The van der Waals surface area contributed by atoms with Crippen LogP contribution in [0, 0.1) is 11.8 Å². The molecule has 0 aliphatic carbocycles. The molecule has 1 aromatic rings. The summed E-state index contributed by atoms with van der Waals surface area (Å²) in [6.07, 6.45) is 1.60. The first-order valence-corrected chi connectivity index (χ1v) is 6.52. The van der Waals surface area contributed by atoms with Gasteiger partial charge in [-0.1, -0.05) is 23.4 Å². The lowest BCUT2D eigenvalue weighted by Gasteiger charge is -2.19. The number of ether oxygens (including phenoxy) is 1. The van der Waals surface area contributed by atoms with Gasteiger partial charge >= 0.3 is 6.09 Å². The summed E-state index contributed by atoms with van der Waals surface area (Å²) in [5, 5.41) is 3.00. The first-order valence-electron chi connectivity index (χ1n) is 6.14. The smallest absolute Gasteiger partial charge is 0.407 e. The minimum absolute atomic E-state index is 0.281. The van der Waals surface area contributed by atoms with Crippen molar-refractivity contribution < 1.29 is 9.53 Å². The number of halogens is 1. The first-order chi connectivity index (χ1) is 9.28. The van der Waals surface area contributed by atoms with Crippen LogP contribution in [0.1, 0.15) is 32.8 Å². The van der Waals surface area contributed by atoms with Gasteiger partial charge in [0.1, 0.15) is 11.4 Å². The van der Waals surface area contributed by atoms with Crippen LogP contribution in [-0.4, -0.2) is 23.2 Å². The summed E-state index contributed by atoms with van der Waals surface area (Å²) < 4.78 is 5.09. The standard InChI is InChI=1S/C14H18ClN3O2/c1-14(2,3)20-13(19)17-7-5-4-6-10-8-11(15)12(16)18-9-10/h8-9H,5,7H2,1-3H3,(H2,16,18)(H,17,19). The number of alkyl carbamates (subject to hydrolysis) is 1. The second-order valence-electron chi connectivity index (χ2n) is 5.07. The van der Waals surface area contributed by atoms with Crippen LogP contribution in [0.3, 0.4) is 0 Å². The third-order valence-corrected chi connectivity index (χ3v) is 2.32. The van der Waals surface area contributed by atoms with Gasteiger partial charge in [-0.15, -0.1) is 0 Å². The predicted molar refractivity (Wildman–Crippen MR) is 79.4 cm³/mol. The van der Waals surface area contributed by atoms with Gasteiger partial charge in [0.05, 0.1) is 5.02 Å². The minimum atomic E-state index is -0.498. The number of hydrogen-bond donors (Lipinski definition) is 2. The Hall–Kier alpha value is -1.93. The van der Waals surface area contributed by atoms with E-state index in [-0.39, 0.29) is 5.82 Å². The van der Waals surface area contributed by atoms with E-state index in [4.69, 9.17) is 22.1 Å². The van der Waals surface area contributed by atoms with Crippen LogP contribution in [-0.2, 0) is 4.74 Å². The van der Waals surface area contributed by atoms with Gasteiger partial charge < -0.3 is 15.8 Å². The lowest BCUT2D eigenvalue weighted by atomic mass is 10.2. The van der Waals surface area contributed by atoms with E-state index in [1.807, 2.05) is 20.8 Å². The summed E-state index contributed by atoms with van der Waals surface area (Å²) in [4.78, 5) is 15.3. The molecule has 0 aromatic carbocycles. The van der Waals surface area contributed by atoms with Crippen LogP contribution in [0.5, 0.6) is 0 Å². The topological polar surface area (TPSA) is 77.2 Å². The molecule has 1 heterocycles. The van der Waals surface area contributed by atoms with E-state index >= 15 is 0 Å². The van der Waals surface area contributed by atoms with Crippen molar-refractivity contribution in [2.24, 2.45) is 0 Å². The molecule has 108 valence electrons. The molecule has 20 heavy (non-hydrogen) atoms. The number of rotatable bonds is 2. The van der Waals surface area contributed by atoms with Gasteiger partial charge in [0.2, 0.25) is 0 Å². The molecule has 1 rings (SSSR count). The molecule has 0 aliphatic rings. The molecule has 0 saturated carbocycles. The number of nitrogens with one attached hydrogen (secondary N) is 1. The van der Waals surface area contributed by atoms with Crippen molar-refractivity contribution in [1.82, 2.24) is 10.3 Å². The number of amides is 1. The molecule has 0 fully saturated rings. The zero-order valence-electron chi connectivity index (χ0n) is 11.8. The van der Waals surface area contributed by atoms with Gasteiger partial charge in [-0.2, -0.15) is 0 Å². The van der Waals surface area contributed by atoms with Gasteiger partial charge in [-0.25, -0.2) is 9.78 Å². The lowest BCUT2D eigenvalue weighted by molar-refractivity contribution is 0.0529. The fourth-order valence-electron chi connectivity index (χ4n) is 1.22. The van der Waals surface area contributed by atoms with E-state index in [0.29, 0.717) is 23.6 Å². The monoisotopic (exact) mass is 295 g/mol. The van der Waals surface area contributed by atoms with Crippen molar-refractivity contribution >= 4 is 23.5 Å². The number of nitrogen functional groups attached to an aromatic ring is 1. The van der Waals surface area contributed by atoms with Gasteiger partial charge in [0.15, 0.2) is 0 Å². The molecule has 0 unspecified atom stereocenters. The van der Waals surface area contributed by atoms with Crippen molar-refractivity contribution in [3.63, 3.8) is 0 Å². The summed E-state index contributed by atoms with van der Waals surface area (Å²) in [7, 11) is 0. The Labute approximate surface area is 123 Å². The molecule has 0 aliphatic heterocycles. The predicted octanol–water partition coefficient (Wildman–Crippen LogP) is 2.58. The maximum atomic E-state index is 11.4. The van der Waals surface area contributed by atoms with E-state index in [2.05, 4.69) is 22.1 Å². The number of carbonyl (C=O) groups excluding carboxylic acids is 1. The van der Waals surface area contributed by atoms with E-state index in [0.717, 1.165) is 0 Å². The van der Waals surface area contributed by atoms with Crippen LogP contribution in [0.2, 0.25) is 5.02 Å². The number of hydrogen-bond acceptors (Lipinski definition) is 4. The number of nitrogens with two attached hydrogens (primary N) is 1. The molecule has 0 atom stereocenters. The molecular weight excluding hydrogens is 278 g/mol. The van der Waals surface area contributed by atoms with Crippen LogP contribution in [0.4, 0.5) is 10.6 Å². The van der Waals surface area contributed by atoms with E-state index < -0.39 is 11.7 Å². The van der Waals surface area contributed by atoms with Crippen molar-refractivity contribution in [2.75, 3.05) is 12.3 Å². The van der Waals surface area contributed by atoms with Crippen LogP contribution < -0.4 is 11.1 Å². The van der Waals surface area contributed by atoms with Gasteiger partial charge in [0.25, 0.3) is 0 Å². The van der Waals surface area contributed by atoms with Gasteiger partial charge in [0, 0.05) is 24.7 Å². The highest BCUT2D eigenvalue weighted by molar-refractivity contribution is 6.32. The largest absolute Gasteiger partial charge is 0.444 e. The molecule has 6 heteroatoms. The Bertz CT molecular complexity index is 542. The second kappa shape index (κ2) is 7.01. The van der Waals surface area contributed by atoms with Crippen LogP contribution >= 0.6 is 11.6 Å². The molecule has 0 radical (unpaired) electrons. The highest BCUT2D eigenvalue weighted by Crippen LogP contribution is 2.15. The summed E-state index contributed by atoms with van der Waals surface area (Å²) >= 11 is 5.83. The highest BCUT2D eigenvalue weighted by Gasteiger charge is 2.15. The first kappa shape index (κ1) is 16.1. The Balaban J connectivity index is 2.36. The molecule has 0 saturated heterocycles. The summed E-state index contributed by atoms with van der Waals surface area (Å²) in [6, 6.07) is 1.65. The average molecular weight is 296 g/mol. The summed E-state index contributed by atoms with van der Waals surface area (Å²) in [5.41, 5.74) is 5.68. The Morgan fingerprint density at radius 1 is 1.55 bits per heavy atom. The van der Waals surface area contributed by atoms with Crippen molar-refractivity contribution in [3.05, 3.63) is 22.8 Å². The quantitative estimate of drug-likeness (QED) is 0.649. The van der Waals surface area contributed by atoms with E-state index in [9.17, 15) is 4.79 Å². The number of aromatic nitrogens is 1. The molecule has 1 aromatic heterocycles. The Kier molecular flexibility index (Phi) is 5.66. The summed E-state index contributed by atoms with van der Waals surface area (Å²) in [6.45, 7) is 5.84. The third-order valence-electron chi connectivity index (χ3n) is 2.02. The van der Waals surface area contributed by atoms with Gasteiger partial charge in [-0.05, 0) is 26.8 Å². The van der Waals surface area contributed by atoms with Gasteiger partial charge in [-0.3, -0.25) is 0 Å². The van der Waals surface area contributed by atoms with E-state index in [1.54, 1.807) is 12.3 Å². The second-order valence-corrected chi connectivity index (χ2v) is 5.48. The van der Waals surface area contributed by atoms with Crippen molar-refractivity contribution in [3.8, 4) is 11.8 Å². The SMILES string of the molecule is CC(C)(C)OC(=O)NCCC#Cc1cnc(N)c(Cl)c1. The zero-order chi connectivity index (χ0) is 15.2. The fourth-order valence-corrected chi connectivity index (χ4v) is 1.39. The molecule has 5 nitrogen and oxygen atoms in total. The number of carbonyl (C=O) groups is 1. The fraction of sp³-hybridized carbons (Fsp3) is 0.429. The maximum absolute atomic E-state index is 11.4. The number of pyridine rings is 1. The average Bonchev–Trinajstić information content (AvgIpc) is 2.31. The Morgan fingerprint density at radius 3 is 2.85 bits per heavy atom. The van der Waals surface area contributed by atoms with Crippen LogP contribution in [0.15, 0.2) is 12.3 Å². The van der Waals surface area contributed by atoms with Crippen molar-refractivity contribution in [2.45, 2.75) is 32.8 Å². The van der Waals surface area contributed by atoms with E-state index in [1.165, 1.54) is 0 Å². The molecule has 0 bridgehead atoms. The molecule has 1 amide bonds. The Morgan fingerprint density at radius 2 is 2.25 bits per heavy atom. The normalized spacial score (nSPS) is 10.4. The number of nitrogens with zero attached hydrogens (tertiary/aromatic N) is 1. The highest BCUT2D eigenvalue weighted by atomic mass is 35.5. The minimum Gasteiger partial charge on any atom is -0.444 e. The molecule has 3 N–H and O–H groups in total. The number of anilines is 1. The lowest BCUT2D eigenvalue weighted by Crippen LogP contribution is -2.32. The zero-order valence-corrected chi connectivity index (χ0v) is 12.5. The molecular formula is C14H18ClN3O2. The summed E-state index contributed by atoms with van der Waals surface area (Å²) in [5.74, 6) is 6.08. The molecule has 0 spiro atoms. The third kappa shape index (κ3) is 6.30.